The fourth-order valence-electron chi connectivity index (χ4n) is 2.20. The predicted octanol–water partition coefficient (Wildman–Crippen LogP) is 3.15. The summed E-state index contributed by atoms with van der Waals surface area (Å²) in [5.41, 5.74) is 0.800. The summed E-state index contributed by atoms with van der Waals surface area (Å²) in [5.74, 6) is 0.860. The van der Waals surface area contributed by atoms with Crippen LogP contribution >= 0.6 is 38.6 Å². The third-order valence-corrected chi connectivity index (χ3v) is 6.13. The number of carbonyl (C=O) groups is 1. The fourth-order valence-corrected chi connectivity index (χ4v) is 4.53. The normalized spacial score (nSPS) is 10.9. The number of aromatic nitrogens is 4. The van der Waals surface area contributed by atoms with E-state index in [4.69, 9.17) is 0 Å². The number of carbonyl (C=O) groups excluding carboxylic acids is 1. The maximum absolute atomic E-state index is 12.1. The minimum atomic E-state index is -0.0261. The van der Waals surface area contributed by atoms with Gasteiger partial charge in [-0.25, -0.2) is 4.98 Å². The van der Waals surface area contributed by atoms with Crippen molar-refractivity contribution >= 4 is 44.5 Å². The molecule has 0 aliphatic carbocycles. The van der Waals surface area contributed by atoms with Crippen LogP contribution in [0.1, 0.15) is 18.4 Å². The molecule has 0 unspecified atom stereocenters. The van der Waals surface area contributed by atoms with Crippen LogP contribution in [0.2, 0.25) is 0 Å². The molecule has 0 saturated carbocycles. The van der Waals surface area contributed by atoms with Crippen LogP contribution in [-0.4, -0.2) is 32.2 Å². The number of amides is 1. The van der Waals surface area contributed by atoms with Crippen LogP contribution in [0.3, 0.4) is 0 Å². The van der Waals surface area contributed by atoms with Gasteiger partial charge in [-0.1, -0.05) is 0 Å². The molecular weight excluding hydrogens is 410 g/mol. The van der Waals surface area contributed by atoms with E-state index in [-0.39, 0.29) is 5.91 Å². The summed E-state index contributed by atoms with van der Waals surface area (Å²) in [6, 6.07) is 2.04. The van der Waals surface area contributed by atoms with Crippen LogP contribution in [-0.2, 0) is 24.2 Å². The topological polar surface area (TPSA) is 72.7 Å². The Morgan fingerprint density at radius 1 is 1.38 bits per heavy atom. The first-order valence-corrected chi connectivity index (χ1v) is 10.0. The van der Waals surface area contributed by atoms with Crippen LogP contribution < -0.4 is 5.32 Å². The molecule has 3 aromatic rings. The fraction of sp³-hybridized carbons (Fsp3) is 0.333. The summed E-state index contributed by atoms with van der Waals surface area (Å²) in [6.45, 7) is 3.42. The molecular formula is C15H16BrN5OS2. The Labute approximate surface area is 156 Å². The number of halogens is 1. The second kappa shape index (κ2) is 8.00. The van der Waals surface area contributed by atoms with Gasteiger partial charge in [0, 0.05) is 34.7 Å². The molecule has 3 heterocycles. The lowest BCUT2D eigenvalue weighted by atomic mass is 10.3. The maximum Gasteiger partial charge on any atom is 0.226 e. The molecule has 0 spiro atoms. The molecule has 1 N–H and O–H groups in total. The summed E-state index contributed by atoms with van der Waals surface area (Å²) in [7, 11) is 0. The van der Waals surface area contributed by atoms with Gasteiger partial charge in [-0.2, -0.15) is 0 Å². The number of nitrogens with zero attached hydrogens (tertiary/aromatic N) is 4. The number of thiazole rings is 1. The summed E-state index contributed by atoms with van der Waals surface area (Å²) >= 11 is 6.64. The third-order valence-electron chi connectivity index (χ3n) is 3.38. The second-order valence-corrected chi connectivity index (χ2v) is 7.77. The van der Waals surface area contributed by atoms with E-state index < -0.39 is 0 Å². The van der Waals surface area contributed by atoms with Gasteiger partial charge in [-0.15, -0.1) is 32.9 Å². The maximum atomic E-state index is 12.1. The molecule has 3 rings (SSSR count). The Morgan fingerprint density at radius 3 is 3.00 bits per heavy atom. The second-order valence-electron chi connectivity index (χ2n) is 5.08. The van der Waals surface area contributed by atoms with Gasteiger partial charge < -0.3 is 9.88 Å². The lowest BCUT2D eigenvalue weighted by Crippen LogP contribution is -2.28. The van der Waals surface area contributed by atoms with E-state index in [2.05, 4.69) is 36.4 Å². The first-order valence-electron chi connectivity index (χ1n) is 7.48. The summed E-state index contributed by atoms with van der Waals surface area (Å²) in [4.78, 5) is 17.7. The van der Waals surface area contributed by atoms with Crippen LogP contribution in [0, 0.1) is 0 Å². The van der Waals surface area contributed by atoms with Gasteiger partial charge in [0.05, 0.1) is 17.0 Å². The monoisotopic (exact) mass is 425 g/mol. The van der Waals surface area contributed by atoms with Crippen molar-refractivity contribution in [2.45, 2.75) is 26.3 Å². The zero-order chi connectivity index (χ0) is 16.9. The highest BCUT2D eigenvalue weighted by Gasteiger charge is 2.11. The number of rotatable bonds is 7. The molecule has 126 valence electrons. The quantitative estimate of drug-likeness (QED) is 0.630. The smallest absolute Gasteiger partial charge is 0.226 e. The van der Waals surface area contributed by atoms with Gasteiger partial charge in [-0.05, 0) is 28.9 Å². The summed E-state index contributed by atoms with van der Waals surface area (Å²) in [6.07, 6.45) is 2.67. The minimum Gasteiger partial charge on any atom is -0.355 e. The number of hydrogen-bond acceptors (Lipinski definition) is 6. The first kappa shape index (κ1) is 17.2. The van der Waals surface area contributed by atoms with Crippen molar-refractivity contribution in [2.24, 2.45) is 0 Å². The van der Waals surface area contributed by atoms with Crippen molar-refractivity contribution in [3.8, 4) is 9.88 Å². The highest BCUT2D eigenvalue weighted by atomic mass is 79.9. The van der Waals surface area contributed by atoms with E-state index in [0.29, 0.717) is 19.4 Å². The molecule has 3 aromatic heterocycles. The van der Waals surface area contributed by atoms with Gasteiger partial charge in [-0.3, -0.25) is 4.79 Å². The van der Waals surface area contributed by atoms with E-state index in [0.717, 1.165) is 32.4 Å². The van der Waals surface area contributed by atoms with Crippen molar-refractivity contribution in [3.63, 3.8) is 0 Å². The van der Waals surface area contributed by atoms with E-state index in [1.54, 1.807) is 29.0 Å². The molecule has 0 atom stereocenters. The zero-order valence-electron chi connectivity index (χ0n) is 13.0. The van der Waals surface area contributed by atoms with Crippen LogP contribution in [0.25, 0.3) is 9.88 Å². The summed E-state index contributed by atoms with van der Waals surface area (Å²) in [5, 5.41) is 15.8. The molecule has 24 heavy (non-hydrogen) atoms. The molecule has 0 aromatic carbocycles. The van der Waals surface area contributed by atoms with Gasteiger partial charge in [0.15, 0.2) is 0 Å². The van der Waals surface area contributed by atoms with Crippen molar-refractivity contribution in [3.05, 3.63) is 39.1 Å². The SMILES string of the molecule is CCn1cnnc1CCNC(=O)Cc1csc(-c2cc(Br)cs2)n1. The van der Waals surface area contributed by atoms with Gasteiger partial charge in [0.1, 0.15) is 17.2 Å². The Hall–Kier alpha value is -1.58. The Balaban J connectivity index is 1.49. The van der Waals surface area contributed by atoms with E-state index in [1.165, 1.54) is 0 Å². The van der Waals surface area contributed by atoms with Crippen LogP contribution in [0.15, 0.2) is 27.6 Å². The lowest BCUT2D eigenvalue weighted by Gasteiger charge is -2.05. The number of aryl methyl sites for hydroxylation is 1. The zero-order valence-corrected chi connectivity index (χ0v) is 16.2. The lowest BCUT2D eigenvalue weighted by molar-refractivity contribution is -0.120. The van der Waals surface area contributed by atoms with Crippen LogP contribution in [0.5, 0.6) is 0 Å². The van der Waals surface area contributed by atoms with Crippen LogP contribution in [0.4, 0.5) is 0 Å². The molecule has 9 heteroatoms. The van der Waals surface area contributed by atoms with Gasteiger partial charge >= 0.3 is 0 Å². The molecule has 6 nitrogen and oxygen atoms in total. The standard InChI is InChI=1S/C15H16BrN5OS2/c1-2-21-9-18-20-13(21)3-4-17-14(22)6-11-8-24-15(19-11)12-5-10(16)7-23-12/h5,7-9H,2-4,6H2,1H3,(H,17,22). The molecule has 0 radical (unpaired) electrons. The van der Waals surface area contributed by atoms with E-state index in [9.17, 15) is 4.79 Å². The van der Waals surface area contributed by atoms with Crippen molar-refractivity contribution in [1.29, 1.82) is 0 Å². The molecule has 1 amide bonds. The van der Waals surface area contributed by atoms with Crippen molar-refractivity contribution in [1.82, 2.24) is 25.1 Å². The first-order chi connectivity index (χ1) is 11.7. The Kier molecular flexibility index (Phi) is 5.75. The van der Waals surface area contributed by atoms with Crippen molar-refractivity contribution in [2.75, 3.05) is 6.54 Å². The average molecular weight is 426 g/mol. The number of hydrogen-bond donors (Lipinski definition) is 1. The number of nitrogens with one attached hydrogen (secondary N) is 1. The summed E-state index contributed by atoms with van der Waals surface area (Å²) < 4.78 is 3.02. The highest BCUT2D eigenvalue weighted by Crippen LogP contribution is 2.31. The Morgan fingerprint density at radius 2 is 2.25 bits per heavy atom. The van der Waals surface area contributed by atoms with E-state index >= 15 is 0 Å². The van der Waals surface area contributed by atoms with Gasteiger partial charge in [0.2, 0.25) is 5.91 Å². The third kappa shape index (κ3) is 4.28. The van der Waals surface area contributed by atoms with E-state index in [1.807, 2.05) is 28.3 Å². The van der Waals surface area contributed by atoms with Gasteiger partial charge in [0.25, 0.3) is 0 Å². The largest absolute Gasteiger partial charge is 0.355 e. The predicted molar refractivity (Wildman–Crippen MR) is 99.2 cm³/mol. The molecule has 0 fully saturated rings. The molecule has 0 saturated heterocycles. The highest BCUT2D eigenvalue weighted by molar-refractivity contribution is 9.10. The molecule has 0 aliphatic rings. The average Bonchev–Trinajstić information content (AvgIpc) is 3.28. The molecule has 0 aliphatic heterocycles. The van der Waals surface area contributed by atoms with Crippen molar-refractivity contribution < 1.29 is 4.79 Å². The Bertz CT molecular complexity index is 825. The molecule has 0 bridgehead atoms. The number of thiophene rings is 1. The minimum absolute atomic E-state index is 0.0261.